The lowest BCUT2D eigenvalue weighted by molar-refractivity contribution is -0.136. The van der Waals surface area contributed by atoms with Gasteiger partial charge in [-0.15, -0.1) is 11.3 Å². The summed E-state index contributed by atoms with van der Waals surface area (Å²) in [7, 11) is 0. The summed E-state index contributed by atoms with van der Waals surface area (Å²) in [5.74, 6) is -0.798. The van der Waals surface area contributed by atoms with Gasteiger partial charge in [0.15, 0.2) is 0 Å². The average Bonchev–Trinajstić information content (AvgIpc) is 2.55. The van der Waals surface area contributed by atoms with Crippen molar-refractivity contribution < 1.29 is 9.90 Å². The Morgan fingerprint density at radius 1 is 1.35 bits per heavy atom. The molecule has 1 aromatic rings. The van der Waals surface area contributed by atoms with Crippen molar-refractivity contribution in [2.45, 2.75) is 38.6 Å². The van der Waals surface area contributed by atoms with Gasteiger partial charge in [0.2, 0.25) is 0 Å². The maximum atomic E-state index is 10.7. The highest BCUT2D eigenvalue weighted by atomic mass is 32.1. The second-order valence-corrected chi connectivity index (χ2v) is 5.42. The van der Waals surface area contributed by atoms with E-state index in [0.29, 0.717) is 0 Å². The van der Waals surface area contributed by atoms with E-state index in [9.17, 15) is 4.79 Å². The Kier molecular flexibility index (Phi) is 4.50. The highest BCUT2D eigenvalue weighted by Crippen LogP contribution is 2.19. The van der Waals surface area contributed by atoms with E-state index < -0.39 is 5.97 Å². The molecule has 1 N–H and O–H groups in total. The van der Waals surface area contributed by atoms with Crippen molar-refractivity contribution in [2.24, 2.45) is 0 Å². The molecule has 0 amide bonds. The Morgan fingerprint density at radius 3 is 2.71 bits per heavy atom. The molecular weight excluding hydrogens is 236 g/mol. The van der Waals surface area contributed by atoms with Crippen LogP contribution in [0, 0.1) is 0 Å². The van der Waals surface area contributed by atoms with Crippen LogP contribution < -0.4 is 0 Å². The minimum Gasteiger partial charge on any atom is -0.481 e. The molecule has 5 heteroatoms. The molecule has 1 fully saturated rings. The van der Waals surface area contributed by atoms with Crippen LogP contribution >= 0.6 is 11.3 Å². The molecule has 0 atom stereocenters. The molecule has 1 aromatic heterocycles. The molecule has 1 aliphatic heterocycles. The highest BCUT2D eigenvalue weighted by Gasteiger charge is 2.15. The van der Waals surface area contributed by atoms with Gasteiger partial charge in [0.25, 0.3) is 0 Å². The molecule has 17 heavy (non-hydrogen) atoms. The first-order valence-electron chi connectivity index (χ1n) is 6.11. The number of carbonyl (C=O) groups is 1. The van der Waals surface area contributed by atoms with Crippen LogP contribution in [0.5, 0.6) is 0 Å². The van der Waals surface area contributed by atoms with E-state index in [2.05, 4.69) is 9.88 Å². The molecule has 2 heterocycles. The second-order valence-electron chi connectivity index (χ2n) is 4.48. The number of rotatable bonds is 4. The fourth-order valence-corrected chi connectivity index (χ4v) is 3.03. The van der Waals surface area contributed by atoms with Crippen molar-refractivity contribution in [3.8, 4) is 0 Å². The summed E-state index contributed by atoms with van der Waals surface area (Å²) in [6, 6.07) is 0. The fraction of sp³-hybridized carbons (Fsp3) is 0.667. The number of hydrogen-bond acceptors (Lipinski definition) is 4. The van der Waals surface area contributed by atoms with Gasteiger partial charge >= 0.3 is 5.97 Å². The zero-order chi connectivity index (χ0) is 12.1. The Morgan fingerprint density at radius 2 is 2.06 bits per heavy atom. The SMILES string of the molecule is O=C(O)Cc1ncsc1CN1CCCCCC1. The lowest BCUT2D eigenvalue weighted by atomic mass is 10.2. The quantitative estimate of drug-likeness (QED) is 0.894. The van der Waals surface area contributed by atoms with Crippen LogP contribution in [0.4, 0.5) is 0 Å². The van der Waals surface area contributed by atoms with Gasteiger partial charge in [-0.05, 0) is 25.9 Å². The maximum Gasteiger partial charge on any atom is 0.309 e. The molecule has 94 valence electrons. The van der Waals surface area contributed by atoms with E-state index in [1.165, 1.54) is 25.7 Å². The third-order valence-corrected chi connectivity index (χ3v) is 3.97. The van der Waals surface area contributed by atoms with Crippen molar-refractivity contribution >= 4 is 17.3 Å². The number of nitrogens with zero attached hydrogens (tertiary/aromatic N) is 2. The molecule has 0 radical (unpaired) electrons. The third kappa shape index (κ3) is 3.78. The summed E-state index contributed by atoms with van der Waals surface area (Å²) in [4.78, 5) is 18.4. The highest BCUT2D eigenvalue weighted by molar-refractivity contribution is 7.09. The first-order valence-corrected chi connectivity index (χ1v) is 6.99. The minimum atomic E-state index is -0.798. The second kappa shape index (κ2) is 6.12. The van der Waals surface area contributed by atoms with E-state index in [1.54, 1.807) is 16.8 Å². The standard InChI is InChI=1S/C12H18N2O2S/c15-12(16)7-10-11(17-9-13-10)8-14-5-3-1-2-4-6-14/h9H,1-8H2,(H,15,16). The van der Waals surface area contributed by atoms with Crippen molar-refractivity contribution in [3.63, 3.8) is 0 Å². The lowest BCUT2D eigenvalue weighted by Gasteiger charge is -2.19. The summed E-state index contributed by atoms with van der Waals surface area (Å²) in [6.45, 7) is 3.13. The summed E-state index contributed by atoms with van der Waals surface area (Å²) >= 11 is 1.58. The molecular formula is C12H18N2O2S. The van der Waals surface area contributed by atoms with Gasteiger partial charge in [-0.3, -0.25) is 9.69 Å². The van der Waals surface area contributed by atoms with Crippen molar-refractivity contribution in [1.29, 1.82) is 0 Å². The molecule has 1 aliphatic rings. The van der Waals surface area contributed by atoms with Crippen LogP contribution in [0.25, 0.3) is 0 Å². The molecule has 0 aromatic carbocycles. The smallest absolute Gasteiger partial charge is 0.309 e. The first kappa shape index (κ1) is 12.5. The Balaban J connectivity index is 1.97. The van der Waals surface area contributed by atoms with Gasteiger partial charge in [-0.25, -0.2) is 4.98 Å². The van der Waals surface area contributed by atoms with Crippen LogP contribution in [0.1, 0.15) is 36.3 Å². The van der Waals surface area contributed by atoms with E-state index in [4.69, 9.17) is 5.11 Å². The number of carboxylic acid groups (broad SMARTS) is 1. The lowest BCUT2D eigenvalue weighted by Crippen LogP contribution is -2.24. The molecule has 0 bridgehead atoms. The van der Waals surface area contributed by atoms with Gasteiger partial charge in [-0.1, -0.05) is 12.8 Å². The van der Waals surface area contributed by atoms with E-state index in [1.807, 2.05) is 0 Å². The zero-order valence-electron chi connectivity index (χ0n) is 9.89. The molecule has 0 aliphatic carbocycles. The van der Waals surface area contributed by atoms with Crippen LogP contribution in [-0.2, 0) is 17.8 Å². The van der Waals surface area contributed by atoms with Gasteiger partial charge in [-0.2, -0.15) is 0 Å². The topological polar surface area (TPSA) is 53.4 Å². The monoisotopic (exact) mass is 254 g/mol. The molecule has 1 saturated heterocycles. The summed E-state index contributed by atoms with van der Waals surface area (Å²) in [6.07, 6.45) is 5.20. The maximum absolute atomic E-state index is 10.7. The molecule has 2 rings (SSSR count). The van der Waals surface area contributed by atoms with Crippen molar-refractivity contribution in [3.05, 3.63) is 16.1 Å². The molecule has 0 unspecified atom stereocenters. The van der Waals surface area contributed by atoms with Crippen LogP contribution in [0.2, 0.25) is 0 Å². The minimum absolute atomic E-state index is 0.0483. The predicted molar refractivity (Wildman–Crippen MR) is 67.2 cm³/mol. The largest absolute Gasteiger partial charge is 0.481 e. The Hall–Kier alpha value is -0.940. The molecule has 4 nitrogen and oxygen atoms in total. The molecule has 0 saturated carbocycles. The first-order chi connectivity index (χ1) is 8.25. The van der Waals surface area contributed by atoms with Gasteiger partial charge < -0.3 is 5.11 Å². The van der Waals surface area contributed by atoms with Crippen LogP contribution in [0.3, 0.4) is 0 Å². The Bertz CT molecular complexity index is 370. The third-order valence-electron chi connectivity index (χ3n) is 3.11. The van der Waals surface area contributed by atoms with E-state index in [0.717, 1.165) is 30.2 Å². The number of thiazole rings is 1. The average molecular weight is 254 g/mol. The van der Waals surface area contributed by atoms with Gasteiger partial charge in [0.05, 0.1) is 17.6 Å². The van der Waals surface area contributed by atoms with E-state index in [-0.39, 0.29) is 6.42 Å². The summed E-state index contributed by atoms with van der Waals surface area (Å²) in [5.41, 5.74) is 2.50. The van der Waals surface area contributed by atoms with Crippen LogP contribution in [0.15, 0.2) is 5.51 Å². The number of hydrogen-bond donors (Lipinski definition) is 1. The van der Waals surface area contributed by atoms with E-state index >= 15 is 0 Å². The number of aromatic nitrogens is 1. The number of aliphatic carboxylic acids is 1. The number of likely N-dealkylation sites (tertiary alicyclic amines) is 1. The summed E-state index contributed by atoms with van der Waals surface area (Å²) in [5, 5.41) is 8.81. The Labute approximate surface area is 105 Å². The zero-order valence-corrected chi connectivity index (χ0v) is 10.7. The van der Waals surface area contributed by atoms with Crippen LogP contribution in [-0.4, -0.2) is 34.0 Å². The number of carboxylic acids is 1. The predicted octanol–water partition coefficient (Wildman–Crippen LogP) is 2.15. The van der Waals surface area contributed by atoms with Crippen molar-refractivity contribution in [2.75, 3.05) is 13.1 Å². The molecule has 0 spiro atoms. The van der Waals surface area contributed by atoms with Gasteiger partial charge in [0, 0.05) is 11.4 Å². The normalized spacial score (nSPS) is 17.9. The summed E-state index contributed by atoms with van der Waals surface area (Å²) < 4.78 is 0. The van der Waals surface area contributed by atoms with Gasteiger partial charge in [0.1, 0.15) is 0 Å². The van der Waals surface area contributed by atoms with Crippen molar-refractivity contribution in [1.82, 2.24) is 9.88 Å². The fourth-order valence-electron chi connectivity index (χ4n) is 2.21.